The number of hydrogen-bond acceptors (Lipinski definition) is 1. The molecular weight excluding hydrogens is 204 g/mol. The van der Waals surface area contributed by atoms with Gasteiger partial charge in [0.2, 0.25) is 0 Å². The third-order valence-corrected chi connectivity index (χ3v) is 5.09. The molecule has 0 spiro atoms. The van der Waals surface area contributed by atoms with Crippen LogP contribution < -0.4 is 5.19 Å². The van der Waals surface area contributed by atoms with Gasteiger partial charge in [-0.1, -0.05) is 29.5 Å². The van der Waals surface area contributed by atoms with E-state index in [0.29, 0.717) is 0 Å². The standard InChI is InChI=1S/C11H18OSi2/c13-10-5-3-4-9(8-10)11(14)6-1-2-7-12-11/h3-5,8H,1-2,6-7H2,13-14H3. The molecular formula is C11H18OSi2. The van der Waals surface area contributed by atoms with Crippen LogP contribution in [0.3, 0.4) is 0 Å². The Morgan fingerprint density at radius 1 is 1.29 bits per heavy atom. The van der Waals surface area contributed by atoms with Crippen LogP contribution in [0.2, 0.25) is 0 Å². The first kappa shape index (κ1) is 10.1. The summed E-state index contributed by atoms with van der Waals surface area (Å²) in [5.74, 6) is 0. The maximum atomic E-state index is 5.98. The van der Waals surface area contributed by atoms with Crippen molar-refractivity contribution in [2.45, 2.75) is 24.5 Å². The molecule has 0 bridgehead atoms. The normalized spacial score (nSPS) is 28.0. The Morgan fingerprint density at radius 3 is 2.79 bits per heavy atom. The summed E-state index contributed by atoms with van der Waals surface area (Å²) in [6.07, 6.45) is 3.80. The van der Waals surface area contributed by atoms with Gasteiger partial charge in [-0.3, -0.25) is 0 Å². The van der Waals surface area contributed by atoms with E-state index in [9.17, 15) is 0 Å². The molecule has 0 N–H and O–H groups in total. The van der Waals surface area contributed by atoms with E-state index in [0.717, 1.165) is 27.1 Å². The summed E-state index contributed by atoms with van der Waals surface area (Å²) in [5, 5.41) is 1.60. The molecule has 1 nitrogen and oxygen atoms in total. The fraction of sp³-hybridized carbons (Fsp3) is 0.455. The van der Waals surface area contributed by atoms with Crippen LogP contribution in [0.25, 0.3) is 0 Å². The molecule has 1 unspecified atom stereocenters. The molecule has 1 heterocycles. The minimum absolute atomic E-state index is 0.124. The zero-order chi connectivity index (χ0) is 10.0. The molecule has 14 heavy (non-hydrogen) atoms. The Balaban J connectivity index is 2.28. The van der Waals surface area contributed by atoms with Crippen molar-refractivity contribution >= 4 is 25.7 Å². The topological polar surface area (TPSA) is 9.23 Å². The van der Waals surface area contributed by atoms with E-state index in [4.69, 9.17) is 4.74 Å². The molecule has 76 valence electrons. The molecule has 3 heteroatoms. The molecule has 2 rings (SSSR count). The highest BCUT2D eigenvalue weighted by atomic mass is 28.1. The van der Waals surface area contributed by atoms with Crippen molar-refractivity contribution in [2.75, 3.05) is 6.61 Å². The maximum Gasteiger partial charge on any atom is 0.0723 e. The summed E-state index contributed by atoms with van der Waals surface area (Å²) in [6.45, 7) is 0.953. The van der Waals surface area contributed by atoms with Crippen LogP contribution in [0.4, 0.5) is 0 Å². The predicted octanol–water partition coefficient (Wildman–Crippen LogP) is -0.604. The van der Waals surface area contributed by atoms with Gasteiger partial charge < -0.3 is 4.74 Å². The Hall–Kier alpha value is -0.386. The molecule has 1 aromatic rings. The quantitative estimate of drug-likeness (QED) is 0.577. The zero-order valence-electron chi connectivity index (χ0n) is 9.05. The monoisotopic (exact) mass is 222 g/mol. The number of ether oxygens (including phenoxy) is 1. The minimum Gasteiger partial charge on any atom is -0.375 e. The van der Waals surface area contributed by atoms with Gasteiger partial charge in [0.05, 0.1) is 5.22 Å². The van der Waals surface area contributed by atoms with E-state index < -0.39 is 0 Å². The largest absolute Gasteiger partial charge is 0.375 e. The van der Waals surface area contributed by atoms with Crippen molar-refractivity contribution in [1.29, 1.82) is 0 Å². The minimum atomic E-state index is 0.124. The summed E-state index contributed by atoms with van der Waals surface area (Å²) < 4.78 is 5.98. The third-order valence-electron chi connectivity index (χ3n) is 3.10. The average Bonchev–Trinajstić information content (AvgIpc) is 2.19. The second-order valence-corrected chi connectivity index (χ2v) is 7.18. The van der Waals surface area contributed by atoms with Gasteiger partial charge in [0.15, 0.2) is 0 Å². The highest BCUT2D eigenvalue weighted by Crippen LogP contribution is 2.31. The second-order valence-electron chi connectivity index (χ2n) is 4.41. The maximum absolute atomic E-state index is 5.98. The Kier molecular flexibility index (Phi) is 2.90. The van der Waals surface area contributed by atoms with Crippen LogP contribution in [0, 0.1) is 0 Å². The van der Waals surface area contributed by atoms with Gasteiger partial charge in [0.25, 0.3) is 0 Å². The van der Waals surface area contributed by atoms with E-state index in [1.54, 1.807) is 0 Å². The molecule has 0 saturated carbocycles. The lowest BCUT2D eigenvalue weighted by Crippen LogP contribution is -2.34. The lowest BCUT2D eigenvalue weighted by atomic mass is 10.0. The Labute approximate surface area is 91.7 Å². The molecule has 0 aliphatic carbocycles. The highest BCUT2D eigenvalue weighted by molar-refractivity contribution is 6.32. The SMILES string of the molecule is [SiH3]c1cccc(C2([SiH3])CCCCO2)c1. The molecule has 1 fully saturated rings. The van der Waals surface area contributed by atoms with Crippen molar-refractivity contribution in [2.24, 2.45) is 0 Å². The van der Waals surface area contributed by atoms with Crippen LogP contribution in [-0.2, 0) is 9.96 Å². The van der Waals surface area contributed by atoms with Crippen LogP contribution >= 0.6 is 0 Å². The zero-order valence-corrected chi connectivity index (χ0v) is 13.0. The van der Waals surface area contributed by atoms with Gasteiger partial charge in [0, 0.05) is 27.1 Å². The van der Waals surface area contributed by atoms with Gasteiger partial charge >= 0.3 is 0 Å². The molecule has 1 aromatic carbocycles. The Morgan fingerprint density at radius 2 is 2.14 bits per heavy atom. The summed E-state index contributed by atoms with van der Waals surface area (Å²) in [7, 11) is 2.25. The van der Waals surface area contributed by atoms with Gasteiger partial charge in [-0.25, -0.2) is 0 Å². The average molecular weight is 222 g/mol. The van der Waals surface area contributed by atoms with Gasteiger partial charge in [0.1, 0.15) is 0 Å². The molecule has 1 saturated heterocycles. The first-order valence-electron chi connectivity index (χ1n) is 5.42. The fourth-order valence-corrected chi connectivity index (χ4v) is 3.51. The highest BCUT2D eigenvalue weighted by Gasteiger charge is 2.29. The number of benzene rings is 1. The molecule has 0 radical (unpaired) electrons. The lowest BCUT2D eigenvalue weighted by Gasteiger charge is -2.34. The van der Waals surface area contributed by atoms with Crippen molar-refractivity contribution in [3.8, 4) is 0 Å². The second kappa shape index (κ2) is 4.00. The number of rotatable bonds is 1. The van der Waals surface area contributed by atoms with E-state index in [1.807, 2.05) is 0 Å². The van der Waals surface area contributed by atoms with Gasteiger partial charge in [-0.15, -0.1) is 0 Å². The first-order chi connectivity index (χ1) is 6.71. The lowest BCUT2D eigenvalue weighted by molar-refractivity contribution is -0.0209. The molecule has 1 atom stereocenters. The van der Waals surface area contributed by atoms with E-state index in [-0.39, 0.29) is 5.22 Å². The molecule has 0 amide bonds. The van der Waals surface area contributed by atoms with E-state index in [1.165, 1.54) is 30.0 Å². The third kappa shape index (κ3) is 1.99. The van der Waals surface area contributed by atoms with Crippen molar-refractivity contribution in [3.63, 3.8) is 0 Å². The fourth-order valence-electron chi connectivity index (χ4n) is 2.14. The first-order valence-corrected chi connectivity index (χ1v) is 7.42. The summed E-state index contributed by atoms with van der Waals surface area (Å²) in [6, 6.07) is 8.96. The summed E-state index contributed by atoms with van der Waals surface area (Å²) in [5.41, 5.74) is 1.43. The van der Waals surface area contributed by atoms with E-state index >= 15 is 0 Å². The molecule has 1 aliphatic rings. The van der Waals surface area contributed by atoms with Gasteiger partial charge in [-0.05, 0) is 24.8 Å². The molecule has 1 aliphatic heterocycles. The van der Waals surface area contributed by atoms with Crippen molar-refractivity contribution in [1.82, 2.24) is 0 Å². The van der Waals surface area contributed by atoms with Crippen molar-refractivity contribution in [3.05, 3.63) is 29.8 Å². The summed E-state index contributed by atoms with van der Waals surface area (Å²) >= 11 is 0. The van der Waals surface area contributed by atoms with Crippen LogP contribution in [0.15, 0.2) is 24.3 Å². The number of hydrogen-bond donors (Lipinski definition) is 0. The van der Waals surface area contributed by atoms with Crippen LogP contribution in [-0.4, -0.2) is 27.1 Å². The van der Waals surface area contributed by atoms with Crippen LogP contribution in [0.5, 0.6) is 0 Å². The Bertz CT molecular complexity index is 319. The summed E-state index contributed by atoms with van der Waals surface area (Å²) in [4.78, 5) is 0. The van der Waals surface area contributed by atoms with Crippen LogP contribution in [0.1, 0.15) is 24.8 Å². The molecule has 0 aromatic heterocycles. The smallest absolute Gasteiger partial charge is 0.0723 e. The van der Waals surface area contributed by atoms with Crippen molar-refractivity contribution < 1.29 is 4.74 Å². The van der Waals surface area contributed by atoms with E-state index in [2.05, 4.69) is 24.3 Å². The predicted molar refractivity (Wildman–Crippen MR) is 67.4 cm³/mol. The van der Waals surface area contributed by atoms with Gasteiger partial charge in [-0.2, -0.15) is 0 Å².